The van der Waals surface area contributed by atoms with Crippen LogP contribution in [0.1, 0.15) is 5.56 Å². The van der Waals surface area contributed by atoms with E-state index in [-0.39, 0.29) is 6.03 Å². The Hall–Kier alpha value is -1.72. The first-order valence-electron chi connectivity index (χ1n) is 6.74. The van der Waals surface area contributed by atoms with Crippen LogP contribution in [0.3, 0.4) is 0 Å². The number of ether oxygens (including phenoxy) is 1. The van der Waals surface area contributed by atoms with Gasteiger partial charge >= 0.3 is 6.03 Å². The zero-order valence-electron chi connectivity index (χ0n) is 12.0. The van der Waals surface area contributed by atoms with E-state index in [1.165, 1.54) is 0 Å². The SMILES string of the molecule is Cc1cc(Cl)ccc1NC(=O)NCCOc1cccc(Br)c1. The van der Waals surface area contributed by atoms with Gasteiger partial charge in [0.05, 0.1) is 6.54 Å². The van der Waals surface area contributed by atoms with Crippen LogP contribution in [0.25, 0.3) is 0 Å². The van der Waals surface area contributed by atoms with Gasteiger partial charge in [0.25, 0.3) is 0 Å². The molecule has 0 aliphatic rings. The van der Waals surface area contributed by atoms with Crippen LogP contribution in [0.5, 0.6) is 5.75 Å². The van der Waals surface area contributed by atoms with Crippen molar-refractivity contribution in [3.8, 4) is 5.75 Å². The van der Waals surface area contributed by atoms with Crippen molar-refractivity contribution in [1.29, 1.82) is 0 Å². The number of carbonyl (C=O) groups excluding carboxylic acids is 1. The lowest BCUT2D eigenvalue weighted by Crippen LogP contribution is -2.32. The van der Waals surface area contributed by atoms with E-state index in [0.29, 0.717) is 18.2 Å². The number of amides is 2. The van der Waals surface area contributed by atoms with E-state index in [1.54, 1.807) is 18.2 Å². The number of carbonyl (C=O) groups is 1. The third-order valence-electron chi connectivity index (χ3n) is 2.89. The van der Waals surface area contributed by atoms with Gasteiger partial charge in [-0.05, 0) is 48.9 Å². The van der Waals surface area contributed by atoms with Gasteiger partial charge in [0.1, 0.15) is 12.4 Å². The molecule has 0 saturated carbocycles. The molecule has 0 atom stereocenters. The van der Waals surface area contributed by atoms with Crippen molar-refractivity contribution in [2.45, 2.75) is 6.92 Å². The number of halogens is 2. The Morgan fingerprint density at radius 3 is 2.82 bits per heavy atom. The fourth-order valence-corrected chi connectivity index (χ4v) is 2.43. The third-order valence-corrected chi connectivity index (χ3v) is 3.62. The van der Waals surface area contributed by atoms with Gasteiger partial charge in [-0.3, -0.25) is 0 Å². The number of hydrogen-bond acceptors (Lipinski definition) is 2. The first-order valence-corrected chi connectivity index (χ1v) is 7.91. The number of nitrogens with one attached hydrogen (secondary N) is 2. The second-order valence-electron chi connectivity index (χ2n) is 4.65. The first kappa shape index (κ1) is 16.6. The summed E-state index contributed by atoms with van der Waals surface area (Å²) in [6.07, 6.45) is 0. The van der Waals surface area contributed by atoms with E-state index >= 15 is 0 Å². The highest BCUT2D eigenvalue weighted by molar-refractivity contribution is 9.10. The quantitative estimate of drug-likeness (QED) is 0.741. The van der Waals surface area contributed by atoms with E-state index in [2.05, 4.69) is 26.6 Å². The molecule has 0 fully saturated rings. The summed E-state index contributed by atoms with van der Waals surface area (Å²) >= 11 is 9.25. The Labute approximate surface area is 142 Å². The van der Waals surface area contributed by atoms with Crippen molar-refractivity contribution in [2.24, 2.45) is 0 Å². The average Bonchev–Trinajstić information content (AvgIpc) is 2.47. The van der Waals surface area contributed by atoms with Crippen LogP contribution in [-0.2, 0) is 0 Å². The minimum absolute atomic E-state index is 0.275. The van der Waals surface area contributed by atoms with Crippen LogP contribution in [0, 0.1) is 6.92 Å². The minimum atomic E-state index is -0.275. The number of hydrogen-bond donors (Lipinski definition) is 2. The Morgan fingerprint density at radius 1 is 1.27 bits per heavy atom. The molecule has 0 bridgehead atoms. The number of rotatable bonds is 5. The molecule has 0 saturated heterocycles. The number of benzene rings is 2. The summed E-state index contributed by atoms with van der Waals surface area (Å²) < 4.78 is 6.49. The number of aryl methyl sites for hydroxylation is 1. The lowest BCUT2D eigenvalue weighted by atomic mass is 10.2. The molecule has 0 aromatic heterocycles. The van der Waals surface area contributed by atoms with E-state index in [1.807, 2.05) is 31.2 Å². The summed E-state index contributed by atoms with van der Waals surface area (Å²) in [6.45, 7) is 2.69. The summed E-state index contributed by atoms with van der Waals surface area (Å²) in [4.78, 5) is 11.8. The minimum Gasteiger partial charge on any atom is -0.492 e. The Kier molecular flexibility index (Phi) is 6.10. The fraction of sp³-hybridized carbons (Fsp3) is 0.188. The Morgan fingerprint density at radius 2 is 2.09 bits per heavy atom. The maximum Gasteiger partial charge on any atom is 0.319 e. The second-order valence-corrected chi connectivity index (χ2v) is 6.00. The molecular weight excluding hydrogens is 368 g/mol. The summed E-state index contributed by atoms with van der Waals surface area (Å²) in [7, 11) is 0. The first-order chi connectivity index (χ1) is 10.5. The number of anilines is 1. The van der Waals surface area contributed by atoms with Crippen molar-refractivity contribution < 1.29 is 9.53 Å². The topological polar surface area (TPSA) is 50.4 Å². The highest BCUT2D eigenvalue weighted by Crippen LogP contribution is 2.19. The largest absolute Gasteiger partial charge is 0.492 e. The Bertz CT molecular complexity index is 664. The fourth-order valence-electron chi connectivity index (χ4n) is 1.82. The molecule has 0 heterocycles. The van der Waals surface area contributed by atoms with Gasteiger partial charge in [-0.25, -0.2) is 4.79 Å². The van der Waals surface area contributed by atoms with E-state index in [4.69, 9.17) is 16.3 Å². The molecule has 2 amide bonds. The third kappa shape index (κ3) is 5.24. The van der Waals surface area contributed by atoms with E-state index in [9.17, 15) is 4.79 Å². The molecule has 2 aromatic rings. The van der Waals surface area contributed by atoms with Gasteiger partial charge < -0.3 is 15.4 Å². The second kappa shape index (κ2) is 8.06. The van der Waals surface area contributed by atoms with Gasteiger partial charge in [0, 0.05) is 15.2 Å². The average molecular weight is 384 g/mol. The van der Waals surface area contributed by atoms with Gasteiger partial charge in [0.2, 0.25) is 0 Å². The maximum absolute atomic E-state index is 11.8. The monoisotopic (exact) mass is 382 g/mol. The lowest BCUT2D eigenvalue weighted by Gasteiger charge is -2.11. The van der Waals surface area contributed by atoms with Gasteiger partial charge in [-0.1, -0.05) is 33.6 Å². The molecule has 0 unspecified atom stereocenters. The summed E-state index contributed by atoms with van der Waals surface area (Å²) in [6, 6.07) is 12.6. The van der Waals surface area contributed by atoms with Crippen LogP contribution in [0.4, 0.5) is 10.5 Å². The zero-order valence-corrected chi connectivity index (χ0v) is 14.4. The van der Waals surface area contributed by atoms with E-state index in [0.717, 1.165) is 21.5 Å². The van der Waals surface area contributed by atoms with Crippen LogP contribution in [0.2, 0.25) is 5.02 Å². The van der Waals surface area contributed by atoms with Gasteiger partial charge in [-0.15, -0.1) is 0 Å². The molecule has 0 aliphatic carbocycles. The highest BCUT2D eigenvalue weighted by atomic mass is 79.9. The molecule has 0 radical (unpaired) electrons. The highest BCUT2D eigenvalue weighted by Gasteiger charge is 2.04. The molecule has 2 rings (SSSR count). The van der Waals surface area contributed by atoms with Crippen LogP contribution >= 0.6 is 27.5 Å². The van der Waals surface area contributed by atoms with E-state index < -0.39 is 0 Å². The zero-order chi connectivity index (χ0) is 15.9. The van der Waals surface area contributed by atoms with Crippen molar-refractivity contribution in [1.82, 2.24) is 5.32 Å². The summed E-state index contributed by atoms with van der Waals surface area (Å²) in [5.41, 5.74) is 1.64. The summed E-state index contributed by atoms with van der Waals surface area (Å²) in [5, 5.41) is 6.16. The standard InChI is InChI=1S/C16H16BrClN2O2/c1-11-9-13(18)5-6-15(11)20-16(21)19-7-8-22-14-4-2-3-12(17)10-14/h2-6,9-10H,7-8H2,1H3,(H2,19,20,21). The van der Waals surface area contributed by atoms with Crippen molar-refractivity contribution in [3.63, 3.8) is 0 Å². The maximum atomic E-state index is 11.8. The normalized spacial score (nSPS) is 10.1. The molecule has 0 aliphatic heterocycles. The van der Waals surface area contributed by atoms with Crippen molar-refractivity contribution in [2.75, 3.05) is 18.5 Å². The van der Waals surface area contributed by atoms with Crippen LogP contribution in [-0.4, -0.2) is 19.2 Å². The predicted molar refractivity (Wildman–Crippen MR) is 92.8 cm³/mol. The molecule has 2 aromatic carbocycles. The molecule has 2 N–H and O–H groups in total. The van der Waals surface area contributed by atoms with Crippen molar-refractivity contribution in [3.05, 3.63) is 57.5 Å². The molecule has 116 valence electrons. The Balaban J connectivity index is 1.74. The molecule has 22 heavy (non-hydrogen) atoms. The number of urea groups is 1. The molecular formula is C16H16BrClN2O2. The molecule has 4 nitrogen and oxygen atoms in total. The molecule has 0 spiro atoms. The van der Waals surface area contributed by atoms with Crippen molar-refractivity contribution >= 4 is 39.2 Å². The van der Waals surface area contributed by atoms with Gasteiger partial charge in [0.15, 0.2) is 0 Å². The summed E-state index contributed by atoms with van der Waals surface area (Å²) in [5.74, 6) is 0.755. The van der Waals surface area contributed by atoms with Crippen LogP contribution in [0.15, 0.2) is 46.9 Å². The van der Waals surface area contributed by atoms with Gasteiger partial charge in [-0.2, -0.15) is 0 Å². The molecule has 6 heteroatoms. The lowest BCUT2D eigenvalue weighted by molar-refractivity contribution is 0.247. The predicted octanol–water partition coefficient (Wildman–Crippen LogP) is 4.61. The smallest absolute Gasteiger partial charge is 0.319 e. The van der Waals surface area contributed by atoms with Crippen LogP contribution < -0.4 is 15.4 Å².